The van der Waals surface area contributed by atoms with Gasteiger partial charge in [0.05, 0.1) is 23.7 Å². The van der Waals surface area contributed by atoms with Crippen LogP contribution in [0.15, 0.2) is 65.6 Å². The second kappa shape index (κ2) is 7.50. The van der Waals surface area contributed by atoms with Gasteiger partial charge in [-0.25, -0.2) is 0 Å². The molecular formula is C17H20ClPS. The minimum Gasteiger partial charge on any atom is -1.00 e. The molecule has 0 bridgehead atoms. The number of rotatable bonds is 3. The zero-order valence-corrected chi connectivity index (χ0v) is 14.0. The molecule has 0 amide bonds. The van der Waals surface area contributed by atoms with Crippen LogP contribution >= 0.6 is 17.8 Å². The molecule has 0 spiro atoms. The number of benzene rings is 2. The first-order valence-corrected chi connectivity index (χ1v) is 10.6. The zero-order chi connectivity index (χ0) is 13.0. The Bertz CT molecular complexity index is 509. The van der Waals surface area contributed by atoms with Crippen molar-refractivity contribution in [2.24, 2.45) is 0 Å². The van der Waals surface area contributed by atoms with Gasteiger partial charge in [-0.1, -0.05) is 36.4 Å². The largest absolute Gasteiger partial charge is 1.00 e. The van der Waals surface area contributed by atoms with Crippen molar-refractivity contribution in [3.8, 4) is 0 Å². The average Bonchev–Trinajstić information content (AvgIpc) is 2.50. The summed E-state index contributed by atoms with van der Waals surface area (Å²) in [6.07, 6.45) is 7.06. The fraction of sp³-hybridized carbons (Fsp3) is 0.294. The summed E-state index contributed by atoms with van der Waals surface area (Å²) < 4.78 is 0. The lowest BCUT2D eigenvalue weighted by Crippen LogP contribution is -3.00. The van der Waals surface area contributed by atoms with Crippen molar-refractivity contribution in [3.63, 3.8) is 0 Å². The molecule has 2 aromatic rings. The molecule has 0 atom stereocenters. The van der Waals surface area contributed by atoms with E-state index in [1.807, 2.05) is 0 Å². The molecule has 1 saturated heterocycles. The van der Waals surface area contributed by atoms with Crippen molar-refractivity contribution in [2.45, 2.75) is 24.2 Å². The van der Waals surface area contributed by atoms with Gasteiger partial charge in [-0.15, -0.1) is 0 Å². The predicted octanol–water partition coefficient (Wildman–Crippen LogP) is 2.22. The summed E-state index contributed by atoms with van der Waals surface area (Å²) in [6.45, 7) is -1.05. The van der Waals surface area contributed by atoms with Crippen molar-refractivity contribution < 1.29 is 12.4 Å². The van der Waals surface area contributed by atoms with E-state index in [2.05, 4.69) is 72.0 Å². The van der Waals surface area contributed by atoms with Crippen LogP contribution in [0.4, 0.5) is 0 Å². The SMILES string of the molecule is [Cl-].c1ccc(S[P+]2(c3ccccc3)CCCCC2)cc1. The summed E-state index contributed by atoms with van der Waals surface area (Å²) in [5, 5.41) is 1.61. The molecule has 0 radical (unpaired) electrons. The third-order valence-electron chi connectivity index (χ3n) is 3.79. The Labute approximate surface area is 132 Å². The highest BCUT2D eigenvalue weighted by molar-refractivity contribution is 8.64. The van der Waals surface area contributed by atoms with Crippen molar-refractivity contribution in [3.05, 3.63) is 60.7 Å². The van der Waals surface area contributed by atoms with E-state index < -0.39 is 6.46 Å². The molecule has 1 aliphatic rings. The average molecular weight is 323 g/mol. The molecule has 0 saturated carbocycles. The Morgan fingerprint density at radius 3 is 1.85 bits per heavy atom. The van der Waals surface area contributed by atoms with Gasteiger partial charge < -0.3 is 12.4 Å². The van der Waals surface area contributed by atoms with E-state index >= 15 is 0 Å². The number of hydrogen-bond donors (Lipinski definition) is 0. The standard InChI is InChI=1S/C17H20PS.ClH/c1-4-10-16(11-5-1)18(14-8-3-9-15-18)19-17-12-6-2-7-13-17;/h1-2,4-7,10-13H,3,8-9,14-15H2;1H/q+1;/p-1. The summed E-state index contributed by atoms with van der Waals surface area (Å²) in [4.78, 5) is 1.45. The van der Waals surface area contributed by atoms with E-state index in [-0.39, 0.29) is 12.4 Å². The molecule has 106 valence electrons. The number of hydrogen-bond acceptors (Lipinski definition) is 1. The molecule has 0 unspecified atom stereocenters. The highest BCUT2D eigenvalue weighted by atomic mass is 35.5. The molecule has 3 rings (SSSR count). The van der Waals surface area contributed by atoms with E-state index in [1.165, 1.54) is 36.5 Å². The first-order chi connectivity index (χ1) is 9.39. The van der Waals surface area contributed by atoms with E-state index in [1.54, 1.807) is 5.30 Å². The van der Waals surface area contributed by atoms with Gasteiger partial charge in [-0.05, 0) is 43.5 Å². The topological polar surface area (TPSA) is 0 Å². The van der Waals surface area contributed by atoms with Crippen molar-refractivity contribution in [2.75, 3.05) is 12.3 Å². The zero-order valence-electron chi connectivity index (χ0n) is 11.5. The normalized spacial score (nSPS) is 17.2. The lowest BCUT2D eigenvalue weighted by Gasteiger charge is -2.29. The summed E-state index contributed by atoms with van der Waals surface area (Å²) in [5.74, 6) is 0. The van der Waals surface area contributed by atoms with Gasteiger partial charge in [0.1, 0.15) is 11.8 Å². The van der Waals surface area contributed by atoms with Gasteiger partial charge >= 0.3 is 0 Å². The van der Waals surface area contributed by atoms with Crippen LogP contribution < -0.4 is 17.7 Å². The van der Waals surface area contributed by atoms with E-state index in [4.69, 9.17) is 0 Å². The van der Waals surface area contributed by atoms with Crippen LogP contribution in [0.5, 0.6) is 0 Å². The first-order valence-electron chi connectivity index (χ1n) is 7.06. The van der Waals surface area contributed by atoms with E-state index in [0.29, 0.717) is 0 Å². The molecular weight excluding hydrogens is 303 g/mol. The Kier molecular flexibility index (Phi) is 5.96. The molecule has 3 heteroatoms. The van der Waals surface area contributed by atoms with Crippen LogP contribution in [0.1, 0.15) is 19.3 Å². The van der Waals surface area contributed by atoms with Crippen LogP contribution in [0, 0.1) is 0 Å². The van der Waals surface area contributed by atoms with Crippen LogP contribution in [-0.2, 0) is 0 Å². The maximum Gasteiger partial charge on any atom is 0.111 e. The van der Waals surface area contributed by atoms with Crippen molar-refractivity contribution in [1.29, 1.82) is 0 Å². The van der Waals surface area contributed by atoms with Crippen LogP contribution in [-0.4, -0.2) is 12.3 Å². The van der Waals surface area contributed by atoms with E-state index in [0.717, 1.165) is 0 Å². The summed E-state index contributed by atoms with van der Waals surface area (Å²) in [7, 11) is 0. The monoisotopic (exact) mass is 322 g/mol. The van der Waals surface area contributed by atoms with Crippen LogP contribution in [0.3, 0.4) is 0 Å². The third-order valence-corrected chi connectivity index (χ3v) is 11.3. The summed E-state index contributed by atoms with van der Waals surface area (Å²) >= 11 is 2.18. The Morgan fingerprint density at radius 1 is 0.700 bits per heavy atom. The second-order valence-electron chi connectivity index (χ2n) is 5.14. The first kappa shape index (κ1) is 15.9. The molecule has 0 N–H and O–H groups in total. The third kappa shape index (κ3) is 3.58. The molecule has 1 aliphatic heterocycles. The lowest BCUT2D eigenvalue weighted by molar-refractivity contribution is -0.00000370. The van der Waals surface area contributed by atoms with Crippen molar-refractivity contribution >= 4 is 23.2 Å². The quantitative estimate of drug-likeness (QED) is 0.781. The smallest absolute Gasteiger partial charge is 0.111 e. The number of halogens is 1. The van der Waals surface area contributed by atoms with Gasteiger partial charge in [0, 0.05) is 4.90 Å². The summed E-state index contributed by atoms with van der Waals surface area (Å²) in [6, 6.07) is 22.2. The second-order valence-corrected chi connectivity index (χ2v) is 11.6. The Morgan fingerprint density at radius 2 is 1.25 bits per heavy atom. The Balaban J connectivity index is 0.00000147. The molecule has 2 aromatic carbocycles. The maximum atomic E-state index is 2.36. The minimum atomic E-state index is -1.05. The maximum absolute atomic E-state index is 2.36. The van der Waals surface area contributed by atoms with Crippen LogP contribution in [0.25, 0.3) is 0 Å². The molecule has 0 nitrogen and oxygen atoms in total. The molecule has 0 aromatic heterocycles. The summed E-state index contributed by atoms with van der Waals surface area (Å²) in [5.41, 5.74) is 0. The van der Waals surface area contributed by atoms with Crippen LogP contribution in [0.2, 0.25) is 0 Å². The molecule has 0 aliphatic carbocycles. The fourth-order valence-electron chi connectivity index (χ4n) is 2.81. The fourth-order valence-corrected chi connectivity index (χ4v) is 10.3. The highest BCUT2D eigenvalue weighted by Gasteiger charge is 2.43. The van der Waals surface area contributed by atoms with Gasteiger partial charge in [0.2, 0.25) is 0 Å². The molecule has 1 heterocycles. The van der Waals surface area contributed by atoms with Gasteiger partial charge in [-0.2, -0.15) is 0 Å². The van der Waals surface area contributed by atoms with Gasteiger partial charge in [0.15, 0.2) is 0 Å². The minimum absolute atomic E-state index is 0. The van der Waals surface area contributed by atoms with Crippen molar-refractivity contribution in [1.82, 2.24) is 0 Å². The van der Waals surface area contributed by atoms with Gasteiger partial charge in [0.25, 0.3) is 0 Å². The lowest BCUT2D eigenvalue weighted by atomic mass is 10.3. The van der Waals surface area contributed by atoms with Gasteiger partial charge in [-0.3, -0.25) is 0 Å². The predicted molar refractivity (Wildman–Crippen MR) is 88.9 cm³/mol. The van der Waals surface area contributed by atoms with E-state index in [9.17, 15) is 0 Å². The Hall–Kier alpha value is -0.490. The molecule has 20 heavy (non-hydrogen) atoms. The highest BCUT2D eigenvalue weighted by Crippen LogP contribution is 2.73. The molecule has 1 fully saturated rings.